The van der Waals surface area contributed by atoms with Crippen LogP contribution in [0.1, 0.15) is 35.7 Å². The molecule has 1 saturated heterocycles. The summed E-state index contributed by atoms with van der Waals surface area (Å²) < 4.78 is 0. The van der Waals surface area contributed by atoms with Gasteiger partial charge in [0.2, 0.25) is 0 Å². The molecule has 4 heteroatoms. The van der Waals surface area contributed by atoms with Crippen LogP contribution in [0.15, 0.2) is 18.5 Å². The van der Waals surface area contributed by atoms with Crippen molar-refractivity contribution in [1.29, 1.82) is 0 Å². The summed E-state index contributed by atoms with van der Waals surface area (Å²) in [5, 5.41) is 3.43. The van der Waals surface area contributed by atoms with E-state index in [4.69, 9.17) is 0 Å². The minimum absolute atomic E-state index is 0.0856. The molecule has 98 valence electrons. The van der Waals surface area contributed by atoms with Crippen molar-refractivity contribution < 1.29 is 4.79 Å². The van der Waals surface area contributed by atoms with Gasteiger partial charge in [-0.1, -0.05) is 0 Å². The van der Waals surface area contributed by atoms with Crippen LogP contribution in [0.4, 0.5) is 0 Å². The maximum atomic E-state index is 12.4. The molecule has 0 spiro atoms. The fourth-order valence-corrected chi connectivity index (χ4v) is 2.39. The average molecular weight is 247 g/mol. The van der Waals surface area contributed by atoms with E-state index in [0.717, 1.165) is 31.6 Å². The van der Waals surface area contributed by atoms with Gasteiger partial charge in [-0.15, -0.1) is 0 Å². The second-order valence-electron chi connectivity index (χ2n) is 4.89. The van der Waals surface area contributed by atoms with Crippen molar-refractivity contribution in [1.82, 2.24) is 15.2 Å². The third-order valence-corrected chi connectivity index (χ3v) is 3.39. The maximum Gasteiger partial charge on any atom is 0.255 e. The van der Waals surface area contributed by atoms with Gasteiger partial charge in [0.15, 0.2) is 0 Å². The fourth-order valence-electron chi connectivity index (χ4n) is 2.39. The molecule has 1 N–H and O–H groups in total. The van der Waals surface area contributed by atoms with E-state index in [0.29, 0.717) is 11.6 Å². The first-order valence-electron chi connectivity index (χ1n) is 6.65. The molecule has 0 radical (unpaired) electrons. The minimum atomic E-state index is 0.0856. The Hall–Kier alpha value is -1.42. The zero-order valence-electron chi connectivity index (χ0n) is 11.1. The molecule has 4 nitrogen and oxygen atoms in total. The number of aromatic nitrogens is 1. The molecule has 0 aromatic carbocycles. The quantitative estimate of drug-likeness (QED) is 0.879. The highest BCUT2D eigenvalue weighted by molar-refractivity contribution is 5.94. The Bertz CT molecular complexity index is 413. The third kappa shape index (κ3) is 3.07. The molecule has 1 atom stereocenters. The van der Waals surface area contributed by atoms with Gasteiger partial charge in [-0.3, -0.25) is 9.78 Å². The molecular weight excluding hydrogens is 226 g/mol. The molecule has 2 heterocycles. The Morgan fingerprint density at radius 3 is 3.00 bits per heavy atom. The number of aryl methyl sites for hydroxylation is 1. The van der Waals surface area contributed by atoms with Gasteiger partial charge in [-0.2, -0.15) is 0 Å². The predicted octanol–water partition coefficient (Wildman–Crippen LogP) is 1.60. The number of pyridine rings is 1. The van der Waals surface area contributed by atoms with Crippen LogP contribution in [0.2, 0.25) is 0 Å². The van der Waals surface area contributed by atoms with E-state index in [1.54, 1.807) is 12.4 Å². The molecule has 1 aromatic rings. The lowest BCUT2D eigenvalue weighted by atomic mass is 10.1. The average Bonchev–Trinajstić information content (AvgIpc) is 2.88. The number of hydrogen-bond acceptors (Lipinski definition) is 3. The van der Waals surface area contributed by atoms with E-state index in [1.165, 1.54) is 6.42 Å². The van der Waals surface area contributed by atoms with E-state index in [-0.39, 0.29) is 5.91 Å². The van der Waals surface area contributed by atoms with Crippen molar-refractivity contribution in [3.05, 3.63) is 29.6 Å². The van der Waals surface area contributed by atoms with Gasteiger partial charge in [0.1, 0.15) is 0 Å². The zero-order chi connectivity index (χ0) is 13.0. The van der Waals surface area contributed by atoms with Gasteiger partial charge in [-0.05, 0) is 44.9 Å². The van der Waals surface area contributed by atoms with Crippen LogP contribution in [-0.2, 0) is 0 Å². The summed E-state index contributed by atoms with van der Waals surface area (Å²) in [6, 6.07) is 2.35. The Labute approximate surface area is 108 Å². The van der Waals surface area contributed by atoms with E-state index in [1.807, 2.05) is 24.8 Å². The normalized spacial score (nSPS) is 18.9. The van der Waals surface area contributed by atoms with Crippen molar-refractivity contribution in [3.63, 3.8) is 0 Å². The van der Waals surface area contributed by atoms with E-state index >= 15 is 0 Å². The van der Waals surface area contributed by atoms with Gasteiger partial charge in [0.25, 0.3) is 5.91 Å². The van der Waals surface area contributed by atoms with Crippen molar-refractivity contribution in [2.45, 2.75) is 32.7 Å². The van der Waals surface area contributed by atoms with Gasteiger partial charge in [0.05, 0.1) is 5.56 Å². The van der Waals surface area contributed by atoms with Crippen molar-refractivity contribution >= 4 is 5.91 Å². The molecule has 1 unspecified atom stereocenters. The van der Waals surface area contributed by atoms with Gasteiger partial charge in [-0.25, -0.2) is 0 Å². The Balaban J connectivity index is 2.04. The van der Waals surface area contributed by atoms with Gasteiger partial charge in [0, 0.05) is 31.5 Å². The third-order valence-electron chi connectivity index (χ3n) is 3.39. The van der Waals surface area contributed by atoms with E-state index in [9.17, 15) is 4.79 Å². The summed E-state index contributed by atoms with van der Waals surface area (Å²) in [7, 11) is 0. The first kappa shape index (κ1) is 13.0. The standard InChI is InChI=1S/C14H21N3O/c1-3-17(10-13-5-4-6-16-13)14(18)12-7-11(2)8-15-9-12/h7-9,13,16H,3-6,10H2,1-2H3. The lowest BCUT2D eigenvalue weighted by Crippen LogP contribution is -2.41. The maximum absolute atomic E-state index is 12.4. The van der Waals surface area contributed by atoms with Gasteiger partial charge >= 0.3 is 0 Å². The fraction of sp³-hybridized carbons (Fsp3) is 0.571. The highest BCUT2D eigenvalue weighted by Gasteiger charge is 2.21. The lowest BCUT2D eigenvalue weighted by Gasteiger charge is -2.24. The lowest BCUT2D eigenvalue weighted by molar-refractivity contribution is 0.0750. The van der Waals surface area contributed by atoms with Crippen molar-refractivity contribution in [2.24, 2.45) is 0 Å². The van der Waals surface area contributed by atoms with Crippen LogP contribution in [-0.4, -0.2) is 41.5 Å². The van der Waals surface area contributed by atoms with E-state index in [2.05, 4.69) is 10.3 Å². The number of rotatable bonds is 4. The van der Waals surface area contributed by atoms with Crippen LogP contribution >= 0.6 is 0 Å². The molecule has 18 heavy (non-hydrogen) atoms. The minimum Gasteiger partial charge on any atom is -0.337 e. The smallest absolute Gasteiger partial charge is 0.255 e. The molecule has 1 fully saturated rings. The molecule has 1 aliphatic rings. The highest BCUT2D eigenvalue weighted by atomic mass is 16.2. The summed E-state index contributed by atoms with van der Waals surface area (Å²) in [6.45, 7) is 6.59. The zero-order valence-corrected chi connectivity index (χ0v) is 11.1. The second-order valence-corrected chi connectivity index (χ2v) is 4.89. The summed E-state index contributed by atoms with van der Waals surface area (Å²) >= 11 is 0. The van der Waals surface area contributed by atoms with Crippen molar-refractivity contribution in [2.75, 3.05) is 19.6 Å². The van der Waals surface area contributed by atoms with Gasteiger partial charge < -0.3 is 10.2 Å². The molecule has 0 bridgehead atoms. The number of likely N-dealkylation sites (N-methyl/N-ethyl adjacent to an activating group) is 1. The van der Waals surface area contributed by atoms with Crippen LogP contribution in [0.3, 0.4) is 0 Å². The number of carbonyl (C=O) groups is 1. The SMILES string of the molecule is CCN(CC1CCCN1)C(=O)c1cncc(C)c1. The molecule has 1 aliphatic heterocycles. The molecule has 1 aromatic heterocycles. The highest BCUT2D eigenvalue weighted by Crippen LogP contribution is 2.10. The van der Waals surface area contributed by atoms with Crippen LogP contribution < -0.4 is 5.32 Å². The summed E-state index contributed by atoms with van der Waals surface area (Å²) in [5.41, 5.74) is 1.71. The number of nitrogens with one attached hydrogen (secondary N) is 1. The predicted molar refractivity (Wildman–Crippen MR) is 71.6 cm³/mol. The summed E-state index contributed by atoms with van der Waals surface area (Å²) in [6.07, 6.45) is 5.80. The summed E-state index contributed by atoms with van der Waals surface area (Å²) in [5.74, 6) is 0.0856. The molecular formula is C14H21N3O. The van der Waals surface area contributed by atoms with Crippen LogP contribution in [0.5, 0.6) is 0 Å². The number of carbonyl (C=O) groups excluding carboxylic acids is 1. The van der Waals surface area contributed by atoms with Crippen LogP contribution in [0, 0.1) is 6.92 Å². The van der Waals surface area contributed by atoms with Crippen molar-refractivity contribution in [3.8, 4) is 0 Å². The molecule has 0 aliphatic carbocycles. The van der Waals surface area contributed by atoms with E-state index < -0.39 is 0 Å². The largest absolute Gasteiger partial charge is 0.337 e. The second kappa shape index (κ2) is 5.96. The molecule has 0 saturated carbocycles. The monoisotopic (exact) mass is 247 g/mol. The van der Waals surface area contributed by atoms with Crippen LogP contribution in [0.25, 0.3) is 0 Å². The Morgan fingerprint density at radius 2 is 2.39 bits per heavy atom. The summed E-state index contributed by atoms with van der Waals surface area (Å²) in [4.78, 5) is 18.4. The topological polar surface area (TPSA) is 45.2 Å². The Morgan fingerprint density at radius 1 is 1.56 bits per heavy atom. The first-order chi connectivity index (χ1) is 8.70. The number of amides is 1. The first-order valence-corrected chi connectivity index (χ1v) is 6.65. The Kier molecular flexibility index (Phi) is 4.31. The molecule has 1 amide bonds. The number of nitrogens with zero attached hydrogens (tertiary/aromatic N) is 2. The molecule has 2 rings (SSSR count). The number of hydrogen-bond donors (Lipinski definition) is 1.